The number of hydrogen-bond acceptors (Lipinski definition) is 5. The fourth-order valence-corrected chi connectivity index (χ4v) is 4.38. The van der Waals surface area contributed by atoms with Crippen LogP contribution in [-0.4, -0.2) is 25.5 Å². The highest BCUT2D eigenvalue weighted by Gasteiger charge is 2.19. The Labute approximate surface area is 181 Å². The summed E-state index contributed by atoms with van der Waals surface area (Å²) in [5.41, 5.74) is 5.03. The topological polar surface area (TPSA) is 55.6 Å². The summed E-state index contributed by atoms with van der Waals surface area (Å²) >= 11 is 1.79. The van der Waals surface area contributed by atoms with Gasteiger partial charge in [-0.15, -0.1) is 11.8 Å². The number of rotatable bonds is 8. The first-order valence-corrected chi connectivity index (χ1v) is 11.2. The third-order valence-corrected chi connectivity index (χ3v) is 5.82. The van der Waals surface area contributed by atoms with Crippen molar-refractivity contribution in [2.75, 3.05) is 11.1 Å². The van der Waals surface area contributed by atoms with Gasteiger partial charge in [-0.25, -0.2) is 14.6 Å². The molecule has 2 heterocycles. The Hall–Kier alpha value is -3.12. The third-order valence-electron chi connectivity index (χ3n) is 4.76. The summed E-state index contributed by atoms with van der Waals surface area (Å²) in [4.78, 5) is 9.21. The minimum absolute atomic E-state index is 0.579. The van der Waals surface area contributed by atoms with Gasteiger partial charge in [-0.05, 0) is 49.4 Å². The van der Waals surface area contributed by atoms with E-state index in [4.69, 9.17) is 10.1 Å². The van der Waals surface area contributed by atoms with Crippen LogP contribution in [0.5, 0.6) is 0 Å². The summed E-state index contributed by atoms with van der Waals surface area (Å²) in [7, 11) is 0. The summed E-state index contributed by atoms with van der Waals surface area (Å²) in [6.45, 7) is 4.31. The molecule has 0 aliphatic carbocycles. The minimum atomic E-state index is 0.579. The van der Waals surface area contributed by atoms with E-state index in [0.29, 0.717) is 5.95 Å². The lowest BCUT2D eigenvalue weighted by Gasteiger charge is -2.08. The predicted octanol–water partition coefficient (Wildman–Crippen LogP) is 6.27. The second-order valence-corrected chi connectivity index (χ2v) is 8.06. The lowest BCUT2D eigenvalue weighted by atomic mass is 10.2. The smallest absolute Gasteiger partial charge is 0.227 e. The summed E-state index contributed by atoms with van der Waals surface area (Å²) in [5, 5.41) is 9.24. The normalized spacial score (nSPS) is 10.9. The van der Waals surface area contributed by atoms with E-state index in [2.05, 4.69) is 36.3 Å². The summed E-state index contributed by atoms with van der Waals surface area (Å²) < 4.78 is 2.01. The summed E-state index contributed by atoms with van der Waals surface area (Å²) in [6, 6.07) is 22.2. The van der Waals surface area contributed by atoms with Crippen LogP contribution in [0.3, 0.4) is 0 Å². The maximum atomic E-state index is 4.94. The highest BCUT2D eigenvalue weighted by molar-refractivity contribution is 7.99. The molecule has 1 N–H and O–H groups in total. The van der Waals surface area contributed by atoms with Crippen molar-refractivity contribution in [2.24, 2.45) is 0 Å². The number of aromatic nitrogens is 4. The van der Waals surface area contributed by atoms with Crippen LogP contribution in [0.4, 0.5) is 11.6 Å². The van der Waals surface area contributed by atoms with Crippen molar-refractivity contribution in [1.82, 2.24) is 19.7 Å². The first-order chi connectivity index (χ1) is 14.8. The van der Waals surface area contributed by atoms with Crippen LogP contribution in [-0.2, 0) is 0 Å². The number of benzene rings is 2. The average molecular weight is 416 g/mol. The van der Waals surface area contributed by atoms with Gasteiger partial charge in [0.2, 0.25) is 5.95 Å². The Kier molecular flexibility index (Phi) is 6.44. The van der Waals surface area contributed by atoms with E-state index in [9.17, 15) is 0 Å². The Morgan fingerprint density at radius 3 is 2.43 bits per heavy atom. The Balaban J connectivity index is 1.73. The molecule has 30 heavy (non-hydrogen) atoms. The van der Waals surface area contributed by atoms with E-state index in [1.807, 2.05) is 59.3 Å². The van der Waals surface area contributed by atoms with Crippen molar-refractivity contribution >= 4 is 23.4 Å². The molecule has 5 nitrogen and oxygen atoms in total. The Morgan fingerprint density at radius 1 is 0.967 bits per heavy atom. The largest absolute Gasteiger partial charge is 0.324 e. The third kappa shape index (κ3) is 4.54. The van der Waals surface area contributed by atoms with Crippen LogP contribution in [0.2, 0.25) is 0 Å². The number of nitrogens with one attached hydrogen (secondary N) is 1. The zero-order chi connectivity index (χ0) is 20.8. The van der Waals surface area contributed by atoms with Gasteiger partial charge in [-0.2, -0.15) is 5.10 Å². The molecule has 0 spiro atoms. The number of hydrogen-bond donors (Lipinski definition) is 1. The lowest BCUT2D eigenvalue weighted by Crippen LogP contribution is -2.00. The number of para-hydroxylation sites is 2. The van der Waals surface area contributed by atoms with Gasteiger partial charge in [0, 0.05) is 11.9 Å². The zero-order valence-electron chi connectivity index (χ0n) is 17.2. The molecule has 0 aliphatic rings. The zero-order valence-corrected chi connectivity index (χ0v) is 18.1. The van der Waals surface area contributed by atoms with Gasteiger partial charge >= 0.3 is 0 Å². The molecule has 0 aliphatic heterocycles. The molecule has 0 saturated carbocycles. The molecule has 152 valence electrons. The van der Waals surface area contributed by atoms with Crippen molar-refractivity contribution in [1.29, 1.82) is 0 Å². The molecule has 2 aromatic heterocycles. The van der Waals surface area contributed by atoms with Gasteiger partial charge in [0.15, 0.2) is 0 Å². The van der Waals surface area contributed by atoms with E-state index in [0.717, 1.165) is 45.5 Å². The van der Waals surface area contributed by atoms with Crippen molar-refractivity contribution in [3.63, 3.8) is 0 Å². The van der Waals surface area contributed by atoms with Crippen LogP contribution in [0.15, 0.2) is 78.0 Å². The van der Waals surface area contributed by atoms with Crippen LogP contribution >= 0.6 is 11.8 Å². The van der Waals surface area contributed by atoms with E-state index in [1.54, 1.807) is 18.0 Å². The Morgan fingerprint density at radius 2 is 1.70 bits per heavy atom. The molecule has 0 saturated heterocycles. The van der Waals surface area contributed by atoms with Gasteiger partial charge in [0.25, 0.3) is 0 Å². The van der Waals surface area contributed by atoms with Crippen molar-refractivity contribution in [3.8, 4) is 16.9 Å². The Bertz CT molecular complexity index is 1090. The maximum Gasteiger partial charge on any atom is 0.227 e. The van der Waals surface area contributed by atoms with Gasteiger partial charge in [-0.3, -0.25) is 0 Å². The second kappa shape index (κ2) is 9.59. The molecular formula is C24H25N5S. The SMILES string of the molecule is CCCCSc1nn(-c2ccccc2)c(C)c1-c1ccnc(Nc2ccccc2)n1. The average Bonchev–Trinajstić information content (AvgIpc) is 3.11. The molecule has 2 aromatic carbocycles. The van der Waals surface area contributed by atoms with Gasteiger partial charge in [-0.1, -0.05) is 49.7 Å². The van der Waals surface area contributed by atoms with Crippen LogP contribution in [0.25, 0.3) is 16.9 Å². The van der Waals surface area contributed by atoms with E-state index in [1.165, 1.54) is 6.42 Å². The van der Waals surface area contributed by atoms with Crippen LogP contribution in [0, 0.1) is 6.92 Å². The molecule has 0 amide bonds. The lowest BCUT2D eigenvalue weighted by molar-refractivity contribution is 0.811. The molecule has 0 unspecified atom stereocenters. The van der Waals surface area contributed by atoms with Crippen LogP contribution < -0.4 is 5.32 Å². The van der Waals surface area contributed by atoms with Crippen molar-refractivity contribution in [2.45, 2.75) is 31.7 Å². The molecule has 0 fully saturated rings. The highest BCUT2D eigenvalue weighted by Crippen LogP contribution is 2.35. The van der Waals surface area contributed by atoms with Gasteiger partial charge < -0.3 is 5.32 Å². The van der Waals surface area contributed by atoms with Crippen molar-refractivity contribution in [3.05, 3.63) is 78.6 Å². The number of thioether (sulfide) groups is 1. The van der Waals surface area contributed by atoms with E-state index < -0.39 is 0 Å². The summed E-state index contributed by atoms with van der Waals surface area (Å²) in [5.74, 6) is 1.62. The molecule has 4 aromatic rings. The molecule has 0 radical (unpaired) electrons. The molecule has 4 rings (SSSR count). The van der Waals surface area contributed by atoms with Gasteiger partial charge in [0.05, 0.1) is 22.6 Å². The minimum Gasteiger partial charge on any atom is -0.324 e. The molecule has 0 atom stereocenters. The van der Waals surface area contributed by atoms with Crippen LogP contribution in [0.1, 0.15) is 25.5 Å². The number of nitrogens with zero attached hydrogens (tertiary/aromatic N) is 4. The maximum absolute atomic E-state index is 4.94. The predicted molar refractivity (Wildman–Crippen MR) is 125 cm³/mol. The highest BCUT2D eigenvalue weighted by atomic mass is 32.2. The molecular weight excluding hydrogens is 390 g/mol. The summed E-state index contributed by atoms with van der Waals surface area (Å²) in [6.07, 6.45) is 4.12. The molecule has 6 heteroatoms. The fraction of sp³-hybridized carbons (Fsp3) is 0.208. The van der Waals surface area contributed by atoms with Crippen molar-refractivity contribution < 1.29 is 0 Å². The quantitative estimate of drug-likeness (QED) is 0.271. The first-order valence-electron chi connectivity index (χ1n) is 10.2. The monoisotopic (exact) mass is 415 g/mol. The first kappa shape index (κ1) is 20.2. The fourth-order valence-electron chi connectivity index (χ4n) is 3.21. The van der Waals surface area contributed by atoms with E-state index >= 15 is 0 Å². The standard InChI is InChI=1S/C24H25N5S/c1-3-4-17-30-23-22(18(2)29(28-23)20-13-9-6-10-14-20)21-15-16-25-24(27-21)26-19-11-7-5-8-12-19/h5-16H,3-4,17H2,1-2H3,(H,25,26,27). The molecule has 0 bridgehead atoms. The number of anilines is 2. The second-order valence-electron chi connectivity index (χ2n) is 6.97. The van der Waals surface area contributed by atoms with E-state index in [-0.39, 0.29) is 0 Å². The number of unbranched alkanes of at least 4 members (excludes halogenated alkanes) is 1. The van der Waals surface area contributed by atoms with Gasteiger partial charge in [0.1, 0.15) is 5.03 Å².